The smallest absolute Gasteiger partial charge is 0.122 e. The zero-order valence-corrected chi connectivity index (χ0v) is 13.7. The van der Waals surface area contributed by atoms with Gasteiger partial charge in [0.05, 0.1) is 5.52 Å². The van der Waals surface area contributed by atoms with Gasteiger partial charge in [0.1, 0.15) is 11.4 Å². The van der Waals surface area contributed by atoms with Crippen LogP contribution < -0.4 is 10.6 Å². The Kier molecular flexibility index (Phi) is 4.06. The molecule has 0 amide bonds. The van der Waals surface area contributed by atoms with Gasteiger partial charge in [0.2, 0.25) is 0 Å². The van der Waals surface area contributed by atoms with Crippen molar-refractivity contribution in [3.05, 3.63) is 36.0 Å². The van der Waals surface area contributed by atoms with E-state index in [1.165, 1.54) is 0 Å². The summed E-state index contributed by atoms with van der Waals surface area (Å²) in [6.45, 7) is 8.12. The molecule has 4 heteroatoms. The van der Waals surface area contributed by atoms with E-state index in [0.29, 0.717) is 5.92 Å². The number of pyridine rings is 1. The quantitative estimate of drug-likeness (QED) is 0.885. The minimum atomic E-state index is -0.195. The van der Waals surface area contributed by atoms with Gasteiger partial charge in [-0.25, -0.2) is 5.01 Å². The maximum Gasteiger partial charge on any atom is 0.122 e. The lowest BCUT2D eigenvalue weighted by Gasteiger charge is -2.21. The molecule has 2 aromatic rings. The van der Waals surface area contributed by atoms with Gasteiger partial charge in [0.25, 0.3) is 0 Å². The van der Waals surface area contributed by atoms with Crippen LogP contribution in [0.2, 0.25) is 0 Å². The van der Waals surface area contributed by atoms with Crippen LogP contribution in [0.25, 0.3) is 10.9 Å². The van der Waals surface area contributed by atoms with Crippen LogP contribution in [-0.2, 0) is 6.42 Å². The van der Waals surface area contributed by atoms with Gasteiger partial charge in [-0.3, -0.25) is 10.8 Å². The van der Waals surface area contributed by atoms with Crippen molar-refractivity contribution < 1.29 is 4.74 Å². The summed E-state index contributed by atoms with van der Waals surface area (Å²) in [5.74, 6) is 7.33. The van der Waals surface area contributed by atoms with Crippen molar-refractivity contribution in [1.82, 2.24) is 9.99 Å². The fourth-order valence-corrected chi connectivity index (χ4v) is 2.99. The SMILES string of the molecule is CC(C)(C)Oc1ccc2ccc(CC3CCN(N)C3)nc2c1. The number of benzene rings is 1. The molecule has 1 fully saturated rings. The van der Waals surface area contributed by atoms with Crippen molar-refractivity contribution in [2.75, 3.05) is 13.1 Å². The second-order valence-electron chi connectivity index (χ2n) is 7.23. The molecule has 22 heavy (non-hydrogen) atoms. The molecule has 4 nitrogen and oxygen atoms in total. The van der Waals surface area contributed by atoms with Crippen LogP contribution in [0.15, 0.2) is 30.3 Å². The van der Waals surface area contributed by atoms with Crippen LogP contribution in [0, 0.1) is 5.92 Å². The number of ether oxygens (including phenoxy) is 1. The zero-order chi connectivity index (χ0) is 15.7. The fraction of sp³-hybridized carbons (Fsp3) is 0.500. The van der Waals surface area contributed by atoms with Crippen molar-refractivity contribution in [3.63, 3.8) is 0 Å². The molecule has 1 aromatic heterocycles. The van der Waals surface area contributed by atoms with Crippen molar-refractivity contribution in [1.29, 1.82) is 0 Å². The summed E-state index contributed by atoms with van der Waals surface area (Å²) in [5.41, 5.74) is 1.95. The summed E-state index contributed by atoms with van der Waals surface area (Å²) >= 11 is 0. The molecule has 0 bridgehead atoms. The van der Waals surface area contributed by atoms with Crippen molar-refractivity contribution >= 4 is 10.9 Å². The number of rotatable bonds is 3. The number of nitrogens with zero attached hydrogens (tertiary/aromatic N) is 2. The summed E-state index contributed by atoms with van der Waals surface area (Å²) in [6, 6.07) is 10.4. The van der Waals surface area contributed by atoms with Crippen LogP contribution in [0.5, 0.6) is 5.75 Å². The average Bonchev–Trinajstić information content (AvgIpc) is 2.82. The molecule has 0 saturated carbocycles. The highest BCUT2D eigenvalue weighted by Gasteiger charge is 2.20. The van der Waals surface area contributed by atoms with E-state index in [4.69, 9.17) is 15.6 Å². The van der Waals surface area contributed by atoms with E-state index in [0.717, 1.165) is 48.3 Å². The third kappa shape index (κ3) is 3.76. The van der Waals surface area contributed by atoms with E-state index in [1.54, 1.807) is 0 Å². The number of nitrogens with two attached hydrogens (primary N) is 1. The maximum absolute atomic E-state index is 5.93. The summed E-state index contributed by atoms with van der Waals surface area (Å²) in [4.78, 5) is 4.82. The molecule has 1 unspecified atom stereocenters. The van der Waals surface area contributed by atoms with Crippen LogP contribution in [0.3, 0.4) is 0 Å². The molecule has 1 aromatic carbocycles. The molecule has 2 N–H and O–H groups in total. The van der Waals surface area contributed by atoms with Gasteiger partial charge in [-0.1, -0.05) is 6.07 Å². The molecule has 3 rings (SSSR count). The molecule has 118 valence electrons. The lowest BCUT2D eigenvalue weighted by Crippen LogP contribution is -2.28. The fourth-order valence-electron chi connectivity index (χ4n) is 2.99. The predicted octanol–water partition coefficient (Wildman–Crippen LogP) is 3.15. The van der Waals surface area contributed by atoms with E-state index < -0.39 is 0 Å². The summed E-state index contributed by atoms with van der Waals surface area (Å²) < 4.78 is 5.93. The maximum atomic E-state index is 5.93. The van der Waals surface area contributed by atoms with Crippen molar-refractivity contribution in [2.24, 2.45) is 11.8 Å². The van der Waals surface area contributed by atoms with Gasteiger partial charge >= 0.3 is 0 Å². The van der Waals surface area contributed by atoms with Gasteiger partial charge < -0.3 is 4.74 Å². The molecule has 0 aliphatic carbocycles. The second kappa shape index (κ2) is 5.86. The lowest BCUT2D eigenvalue weighted by atomic mass is 10.0. The first kappa shape index (κ1) is 15.3. The number of hydrogen-bond acceptors (Lipinski definition) is 4. The Balaban J connectivity index is 1.81. The molecule has 0 spiro atoms. The van der Waals surface area contributed by atoms with Crippen LogP contribution in [0.4, 0.5) is 0 Å². The van der Waals surface area contributed by atoms with Gasteiger partial charge in [-0.05, 0) is 57.7 Å². The van der Waals surface area contributed by atoms with E-state index in [1.807, 2.05) is 17.1 Å². The highest BCUT2D eigenvalue weighted by atomic mass is 16.5. The Bertz CT molecular complexity index is 663. The van der Waals surface area contributed by atoms with Gasteiger partial charge in [-0.2, -0.15) is 0 Å². The Morgan fingerprint density at radius 2 is 2.05 bits per heavy atom. The Morgan fingerprint density at radius 1 is 1.27 bits per heavy atom. The lowest BCUT2D eigenvalue weighted by molar-refractivity contribution is 0.131. The molecule has 1 aliphatic rings. The van der Waals surface area contributed by atoms with Crippen LogP contribution in [-0.4, -0.2) is 28.7 Å². The van der Waals surface area contributed by atoms with Gasteiger partial charge in [0, 0.05) is 30.2 Å². The molecular formula is C18H25N3O. The zero-order valence-electron chi connectivity index (χ0n) is 13.7. The monoisotopic (exact) mass is 299 g/mol. The Morgan fingerprint density at radius 3 is 2.73 bits per heavy atom. The molecule has 1 atom stereocenters. The first-order chi connectivity index (χ1) is 10.4. The predicted molar refractivity (Wildman–Crippen MR) is 89.7 cm³/mol. The van der Waals surface area contributed by atoms with Gasteiger partial charge in [0.15, 0.2) is 0 Å². The van der Waals surface area contributed by atoms with E-state index in [2.05, 4.69) is 39.0 Å². The largest absolute Gasteiger partial charge is 0.488 e. The standard InChI is InChI=1S/C18H25N3O/c1-18(2,3)22-16-7-5-14-4-6-15(20-17(14)11-16)10-13-8-9-21(19)12-13/h4-7,11,13H,8-10,12,19H2,1-3H3. The Hall–Kier alpha value is -1.65. The average molecular weight is 299 g/mol. The van der Waals surface area contributed by atoms with Crippen molar-refractivity contribution in [3.8, 4) is 5.75 Å². The minimum absolute atomic E-state index is 0.195. The van der Waals surface area contributed by atoms with E-state index in [-0.39, 0.29) is 5.60 Å². The van der Waals surface area contributed by atoms with Crippen LogP contribution >= 0.6 is 0 Å². The molecule has 1 aliphatic heterocycles. The molecular weight excluding hydrogens is 274 g/mol. The first-order valence-electron chi connectivity index (χ1n) is 7.97. The molecule has 1 saturated heterocycles. The third-order valence-electron chi connectivity index (χ3n) is 3.96. The molecule has 0 radical (unpaired) electrons. The topological polar surface area (TPSA) is 51.4 Å². The highest BCUT2D eigenvalue weighted by Crippen LogP contribution is 2.24. The Labute approximate surface area is 132 Å². The highest BCUT2D eigenvalue weighted by molar-refractivity contribution is 5.80. The third-order valence-corrected chi connectivity index (χ3v) is 3.96. The number of hydrogen-bond donors (Lipinski definition) is 1. The minimum Gasteiger partial charge on any atom is -0.488 e. The molecule has 2 heterocycles. The van der Waals surface area contributed by atoms with Crippen molar-refractivity contribution in [2.45, 2.75) is 39.2 Å². The van der Waals surface area contributed by atoms with Crippen LogP contribution in [0.1, 0.15) is 32.9 Å². The number of hydrazine groups is 1. The van der Waals surface area contributed by atoms with Gasteiger partial charge in [-0.15, -0.1) is 0 Å². The summed E-state index contributed by atoms with van der Waals surface area (Å²) in [7, 11) is 0. The number of fused-ring (bicyclic) bond motifs is 1. The van der Waals surface area contributed by atoms with E-state index >= 15 is 0 Å². The summed E-state index contributed by atoms with van der Waals surface area (Å²) in [5, 5.41) is 3.05. The summed E-state index contributed by atoms with van der Waals surface area (Å²) in [6.07, 6.45) is 2.15. The normalized spacial score (nSPS) is 19.7. The second-order valence-corrected chi connectivity index (χ2v) is 7.23. The van der Waals surface area contributed by atoms with E-state index in [9.17, 15) is 0 Å². The first-order valence-corrected chi connectivity index (χ1v) is 7.97. The number of aromatic nitrogens is 1.